The minimum absolute atomic E-state index is 0.604. The smallest absolute Gasteiger partial charge is 0.237 e. The third-order valence-corrected chi connectivity index (χ3v) is 3.22. The largest absolute Gasteiger partial charge is 0.338 e. The molecule has 0 aliphatic heterocycles. The summed E-state index contributed by atoms with van der Waals surface area (Å²) in [5.74, 6) is 1.86. The Labute approximate surface area is 108 Å². The number of fused-ring (bicyclic) bond motifs is 1. The predicted octanol–water partition coefficient (Wildman–Crippen LogP) is 2.61. The molecule has 2 aromatic heterocycles. The number of aryl methyl sites for hydroxylation is 1. The van der Waals surface area contributed by atoms with Crippen molar-refractivity contribution < 1.29 is 4.52 Å². The van der Waals surface area contributed by atoms with Crippen molar-refractivity contribution in [2.75, 3.05) is 0 Å². The molecule has 1 aromatic carbocycles. The normalized spacial score (nSPS) is 10.9. The fraction of sp³-hybridized carbons (Fsp3) is 0.167. The van der Waals surface area contributed by atoms with Gasteiger partial charge in [-0.15, -0.1) is 0 Å². The summed E-state index contributed by atoms with van der Waals surface area (Å²) in [6, 6.07) is 7.79. The molecular formula is C12H10N4OS. The van der Waals surface area contributed by atoms with Gasteiger partial charge in [0.1, 0.15) is 5.03 Å². The number of nitrogens with zero attached hydrogens (tertiary/aromatic N) is 4. The number of benzene rings is 1. The topological polar surface area (TPSA) is 64.7 Å². The average Bonchev–Trinajstić information content (AvgIpc) is 2.82. The van der Waals surface area contributed by atoms with E-state index >= 15 is 0 Å². The maximum absolute atomic E-state index is 5.04. The Kier molecular flexibility index (Phi) is 2.93. The van der Waals surface area contributed by atoms with Crippen molar-refractivity contribution in [3.05, 3.63) is 42.2 Å². The molecule has 0 atom stereocenters. The number of thioether (sulfide) groups is 1. The van der Waals surface area contributed by atoms with Gasteiger partial charge in [0.2, 0.25) is 5.89 Å². The van der Waals surface area contributed by atoms with Gasteiger partial charge in [-0.05, 0) is 19.1 Å². The highest BCUT2D eigenvalue weighted by Crippen LogP contribution is 2.21. The van der Waals surface area contributed by atoms with Crippen LogP contribution in [0.3, 0.4) is 0 Å². The van der Waals surface area contributed by atoms with Crippen LogP contribution in [0.4, 0.5) is 0 Å². The van der Waals surface area contributed by atoms with Crippen LogP contribution in [0.15, 0.2) is 40.0 Å². The Hall–Kier alpha value is -1.95. The van der Waals surface area contributed by atoms with Crippen LogP contribution in [0.2, 0.25) is 0 Å². The summed E-state index contributed by atoms with van der Waals surface area (Å²) in [7, 11) is 0. The van der Waals surface area contributed by atoms with Gasteiger partial charge < -0.3 is 4.52 Å². The Bertz CT molecular complexity index is 682. The van der Waals surface area contributed by atoms with E-state index in [0.717, 1.165) is 16.1 Å². The van der Waals surface area contributed by atoms with Gasteiger partial charge >= 0.3 is 0 Å². The maximum atomic E-state index is 5.04. The highest BCUT2D eigenvalue weighted by Gasteiger charge is 2.05. The summed E-state index contributed by atoms with van der Waals surface area (Å²) < 4.78 is 5.04. The van der Waals surface area contributed by atoms with Crippen molar-refractivity contribution in [2.24, 2.45) is 0 Å². The molecule has 3 aromatic rings. The zero-order valence-electron chi connectivity index (χ0n) is 9.70. The zero-order valence-corrected chi connectivity index (χ0v) is 10.5. The van der Waals surface area contributed by atoms with Crippen molar-refractivity contribution in [3.63, 3.8) is 0 Å². The third-order valence-electron chi connectivity index (χ3n) is 2.34. The highest BCUT2D eigenvalue weighted by molar-refractivity contribution is 7.98. The zero-order chi connectivity index (χ0) is 12.4. The van der Waals surface area contributed by atoms with E-state index < -0.39 is 0 Å². The molecule has 3 rings (SSSR count). The summed E-state index contributed by atoms with van der Waals surface area (Å²) in [5.41, 5.74) is 1.79. The summed E-state index contributed by atoms with van der Waals surface area (Å²) in [6.45, 7) is 1.80. The number of aromatic nitrogens is 4. The molecule has 0 spiro atoms. The lowest BCUT2D eigenvalue weighted by atomic mass is 10.3. The summed E-state index contributed by atoms with van der Waals surface area (Å²) in [6.07, 6.45) is 1.76. The van der Waals surface area contributed by atoms with Crippen LogP contribution in [0.1, 0.15) is 11.7 Å². The van der Waals surface area contributed by atoms with Crippen molar-refractivity contribution in [3.8, 4) is 0 Å². The molecule has 2 heterocycles. The van der Waals surface area contributed by atoms with E-state index in [2.05, 4.69) is 20.1 Å². The fourth-order valence-corrected chi connectivity index (χ4v) is 2.22. The molecule has 0 unspecified atom stereocenters. The number of para-hydroxylation sites is 2. The van der Waals surface area contributed by atoms with Crippen LogP contribution in [-0.4, -0.2) is 20.1 Å². The van der Waals surface area contributed by atoms with Crippen molar-refractivity contribution >= 4 is 22.8 Å². The molecule has 5 nitrogen and oxygen atoms in total. The van der Waals surface area contributed by atoms with Gasteiger partial charge in [-0.2, -0.15) is 4.98 Å². The summed E-state index contributed by atoms with van der Waals surface area (Å²) in [4.78, 5) is 13.0. The average molecular weight is 258 g/mol. The highest BCUT2D eigenvalue weighted by atomic mass is 32.2. The second-order valence-corrected chi connectivity index (χ2v) is 4.72. The van der Waals surface area contributed by atoms with Crippen molar-refractivity contribution in [2.45, 2.75) is 17.7 Å². The molecular weight excluding hydrogens is 248 g/mol. The van der Waals surface area contributed by atoms with E-state index in [0.29, 0.717) is 17.5 Å². The molecule has 6 heteroatoms. The minimum atomic E-state index is 0.604. The second-order valence-electron chi connectivity index (χ2n) is 3.72. The third kappa shape index (κ3) is 2.33. The lowest BCUT2D eigenvalue weighted by Crippen LogP contribution is -1.87. The molecule has 0 fully saturated rings. The maximum Gasteiger partial charge on any atom is 0.237 e. The van der Waals surface area contributed by atoms with Gasteiger partial charge in [-0.1, -0.05) is 29.1 Å². The lowest BCUT2D eigenvalue weighted by Gasteiger charge is -1.99. The monoisotopic (exact) mass is 258 g/mol. The number of rotatable bonds is 3. The van der Waals surface area contributed by atoms with E-state index in [4.69, 9.17) is 4.52 Å². The molecule has 0 bridgehead atoms. The molecule has 90 valence electrons. The van der Waals surface area contributed by atoms with Crippen LogP contribution >= 0.6 is 11.8 Å². The van der Waals surface area contributed by atoms with Crippen LogP contribution in [0.25, 0.3) is 11.0 Å². The van der Waals surface area contributed by atoms with Gasteiger partial charge in [0.05, 0.1) is 23.0 Å². The molecule has 0 saturated carbocycles. The Morgan fingerprint density at radius 2 is 2.00 bits per heavy atom. The van der Waals surface area contributed by atoms with Crippen LogP contribution in [0, 0.1) is 6.92 Å². The second kappa shape index (κ2) is 4.73. The molecule has 0 aliphatic rings. The lowest BCUT2D eigenvalue weighted by molar-refractivity contribution is 0.387. The first-order chi connectivity index (χ1) is 8.81. The first-order valence-corrected chi connectivity index (χ1v) is 6.43. The Morgan fingerprint density at radius 1 is 1.17 bits per heavy atom. The van der Waals surface area contributed by atoms with E-state index in [1.807, 2.05) is 24.3 Å². The number of hydrogen-bond donors (Lipinski definition) is 0. The van der Waals surface area contributed by atoms with Crippen LogP contribution in [-0.2, 0) is 5.75 Å². The Balaban J connectivity index is 1.78. The van der Waals surface area contributed by atoms with Gasteiger partial charge in [0.25, 0.3) is 0 Å². The van der Waals surface area contributed by atoms with Crippen LogP contribution in [0.5, 0.6) is 0 Å². The van der Waals surface area contributed by atoms with E-state index in [9.17, 15) is 0 Å². The molecule has 0 aliphatic carbocycles. The predicted molar refractivity (Wildman–Crippen MR) is 68.1 cm³/mol. The van der Waals surface area contributed by atoms with Gasteiger partial charge in [-0.25, -0.2) is 4.98 Å². The van der Waals surface area contributed by atoms with Gasteiger partial charge in [0, 0.05) is 0 Å². The minimum Gasteiger partial charge on any atom is -0.338 e. The quantitative estimate of drug-likeness (QED) is 0.673. The molecule has 0 N–H and O–H groups in total. The van der Waals surface area contributed by atoms with Gasteiger partial charge in [0.15, 0.2) is 5.82 Å². The number of hydrogen-bond acceptors (Lipinski definition) is 6. The Morgan fingerprint density at radius 3 is 2.78 bits per heavy atom. The van der Waals surface area contributed by atoms with Crippen molar-refractivity contribution in [1.29, 1.82) is 0 Å². The fourth-order valence-electron chi connectivity index (χ4n) is 1.54. The van der Waals surface area contributed by atoms with E-state index in [1.165, 1.54) is 11.8 Å². The molecule has 0 radical (unpaired) electrons. The van der Waals surface area contributed by atoms with Gasteiger partial charge in [-0.3, -0.25) is 4.98 Å². The van der Waals surface area contributed by atoms with E-state index in [-0.39, 0.29) is 0 Å². The molecule has 18 heavy (non-hydrogen) atoms. The molecule has 0 saturated heterocycles. The molecule has 0 amide bonds. The standard InChI is InChI=1S/C12H10N4OS/c1-8-14-11(17-16-8)7-18-12-6-13-9-4-2-3-5-10(9)15-12/h2-6H,7H2,1H3. The summed E-state index contributed by atoms with van der Waals surface area (Å²) in [5, 5.41) is 4.59. The van der Waals surface area contributed by atoms with Crippen molar-refractivity contribution in [1.82, 2.24) is 20.1 Å². The summed E-state index contributed by atoms with van der Waals surface area (Å²) >= 11 is 1.53. The van der Waals surface area contributed by atoms with E-state index in [1.54, 1.807) is 13.1 Å². The first-order valence-electron chi connectivity index (χ1n) is 5.45. The SMILES string of the molecule is Cc1noc(CSc2cnc3ccccc3n2)n1. The van der Waals surface area contributed by atoms with Crippen LogP contribution < -0.4 is 0 Å². The first kappa shape index (κ1) is 11.2.